The topological polar surface area (TPSA) is 31.4 Å². The quantitative estimate of drug-likeness (QED) is 0.801. The van der Waals surface area contributed by atoms with Crippen LogP contribution in [0.3, 0.4) is 0 Å². The van der Waals surface area contributed by atoms with E-state index in [4.69, 9.17) is 16.3 Å². The summed E-state index contributed by atoms with van der Waals surface area (Å²) >= 11 is 8.59. The van der Waals surface area contributed by atoms with Crippen molar-refractivity contribution in [3.63, 3.8) is 0 Å². The summed E-state index contributed by atoms with van der Waals surface area (Å²) in [6.07, 6.45) is 0. The lowest BCUT2D eigenvalue weighted by Crippen LogP contribution is -2.03. The highest BCUT2D eigenvalue weighted by Gasteiger charge is 2.13. The molecule has 0 saturated carbocycles. The predicted molar refractivity (Wildman–Crippen MR) is 50.1 cm³/mol. The molecule has 0 fully saturated rings. The van der Waals surface area contributed by atoms with Gasteiger partial charge in [-0.3, -0.25) is 0 Å². The Morgan fingerprint density at radius 3 is 2.71 bits per heavy atom. The third-order valence-corrected chi connectivity index (χ3v) is 2.11. The van der Waals surface area contributed by atoms with Crippen LogP contribution in [0, 0.1) is 0 Å². The minimum Gasteiger partial charge on any atom is -0.480 e. The SMILES string of the molecule is COc1nc(Br)c(OC(F)F)cc1Cl. The normalized spacial score (nSPS) is 10.4. The molecule has 14 heavy (non-hydrogen) atoms. The number of hydrogen-bond donors (Lipinski definition) is 0. The lowest BCUT2D eigenvalue weighted by atomic mass is 10.4. The van der Waals surface area contributed by atoms with Gasteiger partial charge in [-0.1, -0.05) is 11.6 Å². The summed E-state index contributed by atoms with van der Waals surface area (Å²) in [4.78, 5) is 3.75. The molecule has 7 heteroatoms. The number of pyridine rings is 1. The first-order valence-electron chi connectivity index (χ1n) is 3.39. The average molecular weight is 288 g/mol. The van der Waals surface area contributed by atoms with Gasteiger partial charge in [0.2, 0.25) is 5.88 Å². The van der Waals surface area contributed by atoms with Gasteiger partial charge >= 0.3 is 6.61 Å². The van der Waals surface area contributed by atoms with Crippen molar-refractivity contribution >= 4 is 27.5 Å². The van der Waals surface area contributed by atoms with E-state index in [-0.39, 0.29) is 21.3 Å². The Balaban J connectivity index is 3.02. The largest absolute Gasteiger partial charge is 0.480 e. The summed E-state index contributed by atoms with van der Waals surface area (Å²) in [5.41, 5.74) is 0. The highest BCUT2D eigenvalue weighted by Crippen LogP contribution is 2.33. The smallest absolute Gasteiger partial charge is 0.387 e. The maximum Gasteiger partial charge on any atom is 0.387 e. The van der Waals surface area contributed by atoms with Gasteiger partial charge in [0.05, 0.1) is 7.11 Å². The molecule has 1 aromatic heterocycles. The molecular weight excluding hydrogens is 283 g/mol. The van der Waals surface area contributed by atoms with Crippen LogP contribution in [0.5, 0.6) is 11.6 Å². The van der Waals surface area contributed by atoms with E-state index in [0.717, 1.165) is 0 Å². The van der Waals surface area contributed by atoms with Gasteiger partial charge in [0.25, 0.3) is 0 Å². The van der Waals surface area contributed by atoms with E-state index in [1.807, 2.05) is 0 Å². The third-order valence-electron chi connectivity index (χ3n) is 1.27. The van der Waals surface area contributed by atoms with Crippen LogP contribution < -0.4 is 9.47 Å². The molecule has 0 aromatic carbocycles. The van der Waals surface area contributed by atoms with Gasteiger partial charge in [-0.2, -0.15) is 8.78 Å². The fourth-order valence-electron chi connectivity index (χ4n) is 0.756. The van der Waals surface area contributed by atoms with Gasteiger partial charge in [0, 0.05) is 6.07 Å². The first-order chi connectivity index (χ1) is 6.54. The van der Waals surface area contributed by atoms with Crippen LogP contribution in [0.1, 0.15) is 0 Å². The van der Waals surface area contributed by atoms with Crippen molar-refractivity contribution < 1.29 is 18.3 Å². The molecule has 0 unspecified atom stereocenters. The molecule has 0 aliphatic heterocycles. The minimum absolute atomic E-state index is 0.103. The summed E-state index contributed by atoms with van der Waals surface area (Å²) in [7, 11) is 1.37. The fourth-order valence-corrected chi connectivity index (χ4v) is 1.34. The van der Waals surface area contributed by atoms with Crippen molar-refractivity contribution in [3.8, 4) is 11.6 Å². The van der Waals surface area contributed by atoms with Gasteiger partial charge in [0.1, 0.15) is 5.02 Å². The molecular formula is C7H5BrClF2NO2. The van der Waals surface area contributed by atoms with Crippen LogP contribution in [0.15, 0.2) is 10.7 Å². The molecule has 0 aliphatic rings. The van der Waals surface area contributed by atoms with Crippen LogP contribution >= 0.6 is 27.5 Å². The second-order valence-electron chi connectivity index (χ2n) is 2.15. The van der Waals surface area contributed by atoms with E-state index in [9.17, 15) is 8.78 Å². The molecule has 78 valence electrons. The Hall–Kier alpha value is -0.620. The Bertz CT molecular complexity index is 338. The Kier molecular flexibility index (Phi) is 3.88. The Morgan fingerprint density at radius 1 is 1.57 bits per heavy atom. The number of methoxy groups -OCH3 is 1. The van der Waals surface area contributed by atoms with E-state index >= 15 is 0 Å². The summed E-state index contributed by atoms with van der Waals surface area (Å²) < 4.78 is 32.8. The molecule has 1 aromatic rings. The summed E-state index contributed by atoms with van der Waals surface area (Å²) in [5.74, 6) is 0.00552. The number of nitrogens with zero attached hydrogens (tertiary/aromatic N) is 1. The van der Waals surface area contributed by atoms with Gasteiger partial charge in [-0.05, 0) is 15.9 Å². The van der Waals surface area contributed by atoms with E-state index in [2.05, 4.69) is 25.7 Å². The third kappa shape index (κ3) is 2.68. The first kappa shape index (κ1) is 11.5. The van der Waals surface area contributed by atoms with E-state index < -0.39 is 6.61 Å². The molecule has 0 aliphatic carbocycles. The molecule has 1 heterocycles. The Labute approximate surface area is 92.1 Å². The molecule has 0 N–H and O–H groups in total. The highest BCUT2D eigenvalue weighted by atomic mass is 79.9. The van der Waals surface area contributed by atoms with Crippen molar-refractivity contribution in [2.75, 3.05) is 7.11 Å². The van der Waals surface area contributed by atoms with Gasteiger partial charge in [-0.15, -0.1) is 0 Å². The van der Waals surface area contributed by atoms with E-state index in [1.54, 1.807) is 0 Å². The maximum absolute atomic E-state index is 11.9. The number of alkyl halides is 2. The number of aromatic nitrogens is 1. The minimum atomic E-state index is -2.92. The molecule has 1 rings (SSSR count). The number of rotatable bonds is 3. The monoisotopic (exact) mass is 287 g/mol. The molecule has 0 radical (unpaired) electrons. The molecule has 0 atom stereocenters. The fraction of sp³-hybridized carbons (Fsp3) is 0.286. The van der Waals surface area contributed by atoms with E-state index in [1.165, 1.54) is 13.2 Å². The van der Waals surface area contributed by atoms with Gasteiger partial charge in [0.15, 0.2) is 10.4 Å². The van der Waals surface area contributed by atoms with Crippen LogP contribution in [0.4, 0.5) is 8.78 Å². The van der Waals surface area contributed by atoms with Crippen LogP contribution in [-0.2, 0) is 0 Å². The maximum atomic E-state index is 11.9. The summed E-state index contributed by atoms with van der Waals surface area (Å²) in [6, 6.07) is 1.20. The number of hydrogen-bond acceptors (Lipinski definition) is 3. The van der Waals surface area contributed by atoms with Crippen molar-refractivity contribution in [2.45, 2.75) is 6.61 Å². The molecule has 0 saturated heterocycles. The number of halogens is 4. The molecule has 0 bridgehead atoms. The highest BCUT2D eigenvalue weighted by molar-refractivity contribution is 9.10. The molecule has 0 amide bonds. The van der Waals surface area contributed by atoms with Crippen molar-refractivity contribution in [2.24, 2.45) is 0 Å². The van der Waals surface area contributed by atoms with Crippen molar-refractivity contribution in [1.82, 2.24) is 4.98 Å². The second kappa shape index (κ2) is 4.75. The lowest BCUT2D eigenvalue weighted by molar-refractivity contribution is -0.0506. The summed E-state index contributed by atoms with van der Waals surface area (Å²) in [5, 5.41) is 0.103. The number of ether oxygens (including phenoxy) is 2. The first-order valence-corrected chi connectivity index (χ1v) is 4.56. The predicted octanol–water partition coefficient (Wildman–Crippen LogP) is 3.11. The van der Waals surface area contributed by atoms with Crippen molar-refractivity contribution in [1.29, 1.82) is 0 Å². The van der Waals surface area contributed by atoms with Crippen molar-refractivity contribution in [3.05, 3.63) is 15.7 Å². The average Bonchev–Trinajstić information content (AvgIpc) is 2.10. The molecule has 0 spiro atoms. The zero-order chi connectivity index (χ0) is 10.7. The zero-order valence-corrected chi connectivity index (χ0v) is 9.27. The lowest BCUT2D eigenvalue weighted by Gasteiger charge is -2.08. The standard InChI is InChI=1S/C7H5BrClF2NO2/c1-13-6-3(9)2-4(5(8)12-6)14-7(10)11/h2,7H,1H3. The summed E-state index contributed by atoms with van der Waals surface area (Å²) in [6.45, 7) is -2.92. The van der Waals surface area contributed by atoms with Crippen LogP contribution in [0.2, 0.25) is 5.02 Å². The van der Waals surface area contributed by atoms with Gasteiger partial charge in [-0.25, -0.2) is 4.98 Å². The second-order valence-corrected chi connectivity index (χ2v) is 3.31. The van der Waals surface area contributed by atoms with E-state index in [0.29, 0.717) is 0 Å². The van der Waals surface area contributed by atoms with Gasteiger partial charge < -0.3 is 9.47 Å². The zero-order valence-electron chi connectivity index (χ0n) is 6.93. The van der Waals surface area contributed by atoms with Crippen LogP contribution in [-0.4, -0.2) is 18.7 Å². The molecule has 3 nitrogen and oxygen atoms in total. The van der Waals surface area contributed by atoms with Crippen LogP contribution in [0.25, 0.3) is 0 Å². The Morgan fingerprint density at radius 2 is 2.21 bits per heavy atom.